The third-order valence-corrected chi connectivity index (χ3v) is 1.88. The molecule has 0 unspecified atom stereocenters. The minimum atomic E-state index is -3.42. The second kappa shape index (κ2) is 3.62. The second-order valence-corrected chi connectivity index (χ2v) is 4.37. The first-order valence-corrected chi connectivity index (χ1v) is 5.42. The number of carboxylic acids is 1. The molecule has 6 nitrogen and oxygen atoms in total. The van der Waals surface area contributed by atoms with Gasteiger partial charge < -0.3 is 9.90 Å². The van der Waals surface area contributed by atoms with Crippen LogP contribution in [0.5, 0.6) is 0 Å². The molecule has 1 heterocycles. The highest BCUT2D eigenvalue weighted by atomic mass is 32.2. The van der Waals surface area contributed by atoms with Gasteiger partial charge in [0.15, 0.2) is 0 Å². The van der Waals surface area contributed by atoms with E-state index in [2.05, 4.69) is 9.71 Å². The van der Waals surface area contributed by atoms with E-state index in [1.54, 1.807) is 0 Å². The third kappa shape index (κ3) is 3.02. The number of nitrogens with one attached hydrogen (secondary N) is 1. The van der Waals surface area contributed by atoms with E-state index in [1.807, 2.05) is 0 Å². The number of carboxylic acid groups (broad SMARTS) is 1. The summed E-state index contributed by atoms with van der Waals surface area (Å²) in [7, 11) is -3.42. The maximum Gasteiger partial charge on any atom is 0.229 e. The summed E-state index contributed by atoms with van der Waals surface area (Å²) < 4.78 is 23.7. The van der Waals surface area contributed by atoms with Crippen molar-refractivity contribution in [1.82, 2.24) is 4.98 Å². The molecule has 0 radical (unpaired) electrons. The molecule has 1 rings (SSSR count). The molecule has 1 aromatic rings. The lowest BCUT2D eigenvalue weighted by Gasteiger charge is -2.05. The number of pyridine rings is 1. The first kappa shape index (κ1) is 10.5. The number of hydrogen-bond donors (Lipinski definition) is 1. The first-order valence-electron chi connectivity index (χ1n) is 3.53. The number of anilines is 1. The van der Waals surface area contributed by atoms with E-state index in [0.29, 0.717) is 0 Å². The molecule has 0 amide bonds. The quantitative estimate of drug-likeness (QED) is 0.684. The average molecular weight is 215 g/mol. The van der Waals surface area contributed by atoms with Crippen molar-refractivity contribution in [3.63, 3.8) is 0 Å². The van der Waals surface area contributed by atoms with Gasteiger partial charge in [-0.15, -0.1) is 0 Å². The molecule has 0 saturated carbocycles. The van der Waals surface area contributed by atoms with Crippen LogP contribution in [0.3, 0.4) is 0 Å². The Morgan fingerprint density at radius 3 is 2.64 bits per heavy atom. The number of aromatic carboxylic acids is 1. The molecule has 76 valence electrons. The number of sulfonamides is 1. The van der Waals surface area contributed by atoms with Crippen molar-refractivity contribution in [3.8, 4) is 0 Å². The van der Waals surface area contributed by atoms with Crippen LogP contribution in [-0.4, -0.2) is 25.6 Å². The molecule has 0 spiro atoms. The molecule has 0 aromatic carbocycles. The molecule has 0 aliphatic heterocycles. The zero-order valence-corrected chi connectivity index (χ0v) is 8.04. The predicted octanol–water partition coefficient (Wildman–Crippen LogP) is -1.18. The van der Waals surface area contributed by atoms with Crippen LogP contribution < -0.4 is 9.83 Å². The summed E-state index contributed by atoms with van der Waals surface area (Å²) in [5, 5.41) is 10.4. The van der Waals surface area contributed by atoms with Gasteiger partial charge >= 0.3 is 0 Å². The van der Waals surface area contributed by atoms with Gasteiger partial charge in [-0.05, 0) is 6.07 Å². The molecule has 1 aromatic heterocycles. The Kier molecular flexibility index (Phi) is 2.70. The van der Waals surface area contributed by atoms with Crippen LogP contribution in [0, 0.1) is 0 Å². The lowest BCUT2D eigenvalue weighted by Crippen LogP contribution is -2.22. The second-order valence-electron chi connectivity index (χ2n) is 2.62. The van der Waals surface area contributed by atoms with Crippen molar-refractivity contribution in [3.05, 3.63) is 24.0 Å². The fourth-order valence-corrected chi connectivity index (χ4v) is 1.36. The van der Waals surface area contributed by atoms with Gasteiger partial charge in [0.2, 0.25) is 10.0 Å². The largest absolute Gasteiger partial charge is 0.545 e. The van der Waals surface area contributed by atoms with Gasteiger partial charge in [-0.1, -0.05) is 0 Å². The van der Waals surface area contributed by atoms with Crippen molar-refractivity contribution in [2.45, 2.75) is 0 Å². The van der Waals surface area contributed by atoms with Gasteiger partial charge in [0.1, 0.15) is 0 Å². The van der Waals surface area contributed by atoms with Crippen molar-refractivity contribution in [1.29, 1.82) is 0 Å². The number of nitrogens with zero attached hydrogens (tertiary/aromatic N) is 1. The van der Waals surface area contributed by atoms with E-state index in [4.69, 9.17) is 0 Å². The third-order valence-electron chi connectivity index (χ3n) is 1.28. The molecular formula is C7H7N2O4S-. The SMILES string of the molecule is CS(=O)(=O)Nc1cncc(C(=O)[O-])c1. The molecule has 0 atom stereocenters. The van der Waals surface area contributed by atoms with Gasteiger partial charge in [0.05, 0.1) is 24.1 Å². The van der Waals surface area contributed by atoms with Gasteiger partial charge in [0.25, 0.3) is 0 Å². The molecule has 0 fully saturated rings. The Balaban J connectivity index is 3.01. The Morgan fingerprint density at radius 2 is 2.14 bits per heavy atom. The highest BCUT2D eigenvalue weighted by Crippen LogP contribution is 2.08. The highest BCUT2D eigenvalue weighted by molar-refractivity contribution is 7.92. The average Bonchev–Trinajstić information content (AvgIpc) is 2.01. The zero-order valence-electron chi connectivity index (χ0n) is 7.22. The summed E-state index contributed by atoms with van der Waals surface area (Å²) in [5.74, 6) is -1.41. The van der Waals surface area contributed by atoms with Crippen LogP contribution in [0.1, 0.15) is 10.4 Å². The van der Waals surface area contributed by atoms with Crippen LogP contribution in [0.25, 0.3) is 0 Å². The summed E-state index contributed by atoms with van der Waals surface area (Å²) in [5.41, 5.74) is -0.0900. The Bertz CT molecular complexity index is 455. The van der Waals surface area contributed by atoms with Crippen LogP contribution in [-0.2, 0) is 10.0 Å². The van der Waals surface area contributed by atoms with E-state index < -0.39 is 16.0 Å². The summed E-state index contributed by atoms with van der Waals surface area (Å²) in [4.78, 5) is 13.9. The zero-order chi connectivity index (χ0) is 10.8. The Morgan fingerprint density at radius 1 is 1.50 bits per heavy atom. The van der Waals surface area contributed by atoms with E-state index >= 15 is 0 Å². The van der Waals surface area contributed by atoms with Gasteiger partial charge in [-0.2, -0.15) is 0 Å². The standard InChI is InChI=1S/C7H8N2O4S/c1-14(12,13)9-6-2-5(7(10)11)3-8-4-6/h2-4,9H,1H3,(H,10,11)/p-1. The van der Waals surface area contributed by atoms with E-state index in [9.17, 15) is 18.3 Å². The minimum Gasteiger partial charge on any atom is -0.545 e. The summed E-state index contributed by atoms with van der Waals surface area (Å²) in [6.07, 6.45) is 3.23. The fraction of sp³-hybridized carbons (Fsp3) is 0.143. The Labute approximate surface area is 80.6 Å². The maximum absolute atomic E-state index is 10.8. The molecule has 0 saturated heterocycles. The summed E-state index contributed by atoms with van der Waals surface area (Å²) >= 11 is 0. The molecule has 0 bridgehead atoms. The molecule has 1 N–H and O–H groups in total. The van der Waals surface area contributed by atoms with E-state index in [0.717, 1.165) is 18.5 Å². The van der Waals surface area contributed by atoms with Crippen LogP contribution >= 0.6 is 0 Å². The van der Waals surface area contributed by atoms with Crippen LogP contribution in [0.2, 0.25) is 0 Å². The molecule has 0 aliphatic carbocycles. The van der Waals surface area contributed by atoms with Crippen molar-refractivity contribution >= 4 is 21.7 Å². The minimum absolute atomic E-state index is 0.0919. The fourth-order valence-electron chi connectivity index (χ4n) is 0.821. The molecule has 0 aliphatic rings. The van der Waals surface area contributed by atoms with E-state index in [1.165, 1.54) is 6.20 Å². The number of carbonyl (C=O) groups is 1. The van der Waals surface area contributed by atoms with Gasteiger partial charge in [-0.3, -0.25) is 9.71 Å². The van der Waals surface area contributed by atoms with Gasteiger partial charge in [0, 0.05) is 11.8 Å². The van der Waals surface area contributed by atoms with Crippen LogP contribution in [0.4, 0.5) is 5.69 Å². The summed E-state index contributed by atoms with van der Waals surface area (Å²) in [6.45, 7) is 0. The molecular weight excluding hydrogens is 208 g/mol. The highest BCUT2D eigenvalue weighted by Gasteiger charge is 2.03. The first-order chi connectivity index (χ1) is 6.38. The number of aromatic nitrogens is 1. The normalized spacial score (nSPS) is 10.9. The van der Waals surface area contributed by atoms with Crippen molar-refractivity contribution in [2.24, 2.45) is 0 Å². The predicted molar refractivity (Wildman–Crippen MR) is 47.0 cm³/mol. The molecule has 7 heteroatoms. The number of carbonyl (C=O) groups excluding carboxylic acids is 1. The maximum atomic E-state index is 10.8. The van der Waals surface area contributed by atoms with Crippen molar-refractivity contribution in [2.75, 3.05) is 11.0 Å². The lowest BCUT2D eigenvalue weighted by molar-refractivity contribution is -0.255. The number of rotatable bonds is 3. The number of hydrogen-bond acceptors (Lipinski definition) is 5. The lowest BCUT2D eigenvalue weighted by atomic mass is 10.3. The van der Waals surface area contributed by atoms with Crippen molar-refractivity contribution < 1.29 is 18.3 Å². The topological polar surface area (TPSA) is 99.2 Å². The Hall–Kier alpha value is -1.63. The van der Waals surface area contributed by atoms with E-state index in [-0.39, 0.29) is 11.3 Å². The van der Waals surface area contributed by atoms with Gasteiger partial charge in [-0.25, -0.2) is 8.42 Å². The molecule has 14 heavy (non-hydrogen) atoms. The smallest absolute Gasteiger partial charge is 0.229 e. The summed E-state index contributed by atoms with van der Waals surface area (Å²) in [6, 6.07) is 1.13. The monoisotopic (exact) mass is 215 g/mol. The van der Waals surface area contributed by atoms with Crippen LogP contribution in [0.15, 0.2) is 18.5 Å².